The molecule has 2 aliphatic heterocycles. The number of hydrogen-bond donors (Lipinski definition) is 1. The first-order valence-corrected chi connectivity index (χ1v) is 10.6. The van der Waals surface area contributed by atoms with Crippen LogP contribution in [0.25, 0.3) is 0 Å². The van der Waals surface area contributed by atoms with Crippen LogP contribution in [0.2, 0.25) is 0 Å². The highest BCUT2D eigenvalue weighted by atomic mass is 32.2. The molecule has 2 saturated heterocycles. The van der Waals surface area contributed by atoms with E-state index in [4.69, 9.17) is 0 Å². The molecular weight excluding hydrogens is 342 g/mol. The summed E-state index contributed by atoms with van der Waals surface area (Å²) in [6, 6.07) is 3.36. The van der Waals surface area contributed by atoms with Gasteiger partial charge in [0.05, 0.1) is 6.04 Å². The SMILES string of the molecule is Cc1ccc(S(=O)(=O)N2CCN(C(=O)C3CSCN3)CC2)s1. The zero-order chi connectivity index (χ0) is 15.7. The van der Waals surface area contributed by atoms with E-state index >= 15 is 0 Å². The Morgan fingerprint density at radius 1 is 1.27 bits per heavy atom. The maximum atomic E-state index is 12.6. The average molecular weight is 362 g/mol. The van der Waals surface area contributed by atoms with Crippen LogP contribution in [0.4, 0.5) is 0 Å². The quantitative estimate of drug-likeness (QED) is 0.852. The third-order valence-corrected chi connectivity index (χ3v) is 8.18. The number of thiophene rings is 1. The van der Waals surface area contributed by atoms with Gasteiger partial charge in [0, 0.05) is 42.7 Å². The van der Waals surface area contributed by atoms with Crippen LogP contribution in [0.5, 0.6) is 0 Å². The maximum absolute atomic E-state index is 12.6. The lowest BCUT2D eigenvalue weighted by atomic mass is 10.2. The fraction of sp³-hybridized carbons (Fsp3) is 0.615. The number of hydrogen-bond acceptors (Lipinski definition) is 6. The fourth-order valence-corrected chi connectivity index (χ4v) is 6.39. The lowest BCUT2D eigenvalue weighted by Gasteiger charge is -2.34. The molecule has 0 aliphatic carbocycles. The van der Waals surface area contributed by atoms with Crippen LogP contribution in [-0.2, 0) is 14.8 Å². The van der Waals surface area contributed by atoms with Crippen molar-refractivity contribution in [3.05, 3.63) is 17.0 Å². The number of rotatable bonds is 3. The number of nitrogens with one attached hydrogen (secondary N) is 1. The minimum atomic E-state index is -3.42. The molecule has 1 unspecified atom stereocenters. The van der Waals surface area contributed by atoms with Gasteiger partial charge < -0.3 is 4.90 Å². The second-order valence-electron chi connectivity index (χ2n) is 5.37. The van der Waals surface area contributed by atoms with E-state index in [1.807, 2.05) is 13.0 Å². The van der Waals surface area contributed by atoms with Crippen molar-refractivity contribution in [1.29, 1.82) is 0 Å². The minimum Gasteiger partial charge on any atom is -0.339 e. The van der Waals surface area contributed by atoms with Gasteiger partial charge in [0.2, 0.25) is 5.91 Å². The van der Waals surface area contributed by atoms with Crippen LogP contribution in [-0.4, -0.2) is 67.4 Å². The number of thioether (sulfide) groups is 1. The maximum Gasteiger partial charge on any atom is 0.252 e. The summed E-state index contributed by atoms with van der Waals surface area (Å²) in [7, 11) is -3.42. The molecule has 0 bridgehead atoms. The van der Waals surface area contributed by atoms with Crippen molar-refractivity contribution in [2.24, 2.45) is 0 Å². The van der Waals surface area contributed by atoms with Crippen molar-refractivity contribution in [2.45, 2.75) is 17.2 Å². The molecule has 3 rings (SSSR count). The molecule has 2 aliphatic rings. The molecule has 9 heteroatoms. The van der Waals surface area contributed by atoms with Gasteiger partial charge in [-0.1, -0.05) is 0 Å². The van der Waals surface area contributed by atoms with Crippen LogP contribution in [0.3, 0.4) is 0 Å². The van der Waals surface area contributed by atoms with Crippen molar-refractivity contribution in [1.82, 2.24) is 14.5 Å². The minimum absolute atomic E-state index is 0.0917. The fourth-order valence-electron chi connectivity index (χ4n) is 2.60. The first-order valence-electron chi connectivity index (χ1n) is 7.15. The van der Waals surface area contributed by atoms with E-state index in [1.54, 1.807) is 22.7 Å². The molecule has 1 aromatic rings. The molecule has 3 heterocycles. The average Bonchev–Trinajstić information content (AvgIpc) is 3.18. The predicted octanol–water partition coefficient (Wildman–Crippen LogP) is 0.552. The Labute approximate surface area is 138 Å². The zero-order valence-electron chi connectivity index (χ0n) is 12.3. The van der Waals surface area contributed by atoms with Crippen LogP contribution in [0, 0.1) is 6.92 Å². The lowest BCUT2D eigenvalue weighted by molar-refractivity contribution is -0.133. The number of nitrogens with zero attached hydrogens (tertiary/aromatic N) is 2. The molecule has 122 valence electrons. The van der Waals surface area contributed by atoms with Crippen molar-refractivity contribution >= 4 is 39.0 Å². The number of aryl methyl sites for hydroxylation is 1. The molecule has 0 saturated carbocycles. The number of amides is 1. The molecule has 1 amide bonds. The summed E-state index contributed by atoms with van der Waals surface area (Å²) in [5.41, 5.74) is 0. The van der Waals surface area contributed by atoms with E-state index in [2.05, 4.69) is 5.32 Å². The molecule has 6 nitrogen and oxygen atoms in total. The third kappa shape index (κ3) is 3.18. The molecule has 2 fully saturated rings. The topological polar surface area (TPSA) is 69.7 Å². The van der Waals surface area contributed by atoms with Crippen molar-refractivity contribution in [2.75, 3.05) is 37.8 Å². The summed E-state index contributed by atoms with van der Waals surface area (Å²) in [6.45, 7) is 3.55. The van der Waals surface area contributed by atoms with Crippen molar-refractivity contribution < 1.29 is 13.2 Å². The van der Waals surface area contributed by atoms with Crippen molar-refractivity contribution in [3.8, 4) is 0 Å². The summed E-state index contributed by atoms with van der Waals surface area (Å²) >= 11 is 3.01. The van der Waals surface area contributed by atoms with E-state index in [0.29, 0.717) is 30.4 Å². The molecule has 1 atom stereocenters. The Hall–Kier alpha value is -0.610. The van der Waals surface area contributed by atoms with Gasteiger partial charge in [-0.15, -0.1) is 23.1 Å². The number of carbonyl (C=O) groups excluding carboxylic acids is 1. The normalized spacial score (nSPS) is 23.9. The highest BCUT2D eigenvalue weighted by Crippen LogP contribution is 2.25. The summed E-state index contributed by atoms with van der Waals surface area (Å²) in [5, 5.41) is 3.17. The highest BCUT2D eigenvalue weighted by Gasteiger charge is 2.33. The summed E-state index contributed by atoms with van der Waals surface area (Å²) in [4.78, 5) is 15.1. The molecule has 1 N–H and O–H groups in total. The van der Waals surface area contributed by atoms with E-state index in [1.165, 1.54) is 15.6 Å². The summed E-state index contributed by atoms with van der Waals surface area (Å²) in [6.07, 6.45) is 0. The van der Waals surface area contributed by atoms with Crippen LogP contribution >= 0.6 is 23.1 Å². The Morgan fingerprint density at radius 2 is 2.00 bits per heavy atom. The number of carbonyl (C=O) groups is 1. The first-order chi connectivity index (χ1) is 10.5. The summed E-state index contributed by atoms with van der Waals surface area (Å²) < 4.78 is 27.0. The van der Waals surface area contributed by atoms with Gasteiger partial charge in [-0.05, 0) is 19.1 Å². The predicted molar refractivity (Wildman–Crippen MR) is 88.6 cm³/mol. The van der Waals surface area contributed by atoms with Gasteiger partial charge in [0.1, 0.15) is 4.21 Å². The van der Waals surface area contributed by atoms with E-state index in [-0.39, 0.29) is 11.9 Å². The van der Waals surface area contributed by atoms with Crippen LogP contribution in [0.15, 0.2) is 16.3 Å². The molecule has 0 aromatic carbocycles. The van der Waals surface area contributed by atoms with Crippen LogP contribution in [0.1, 0.15) is 4.88 Å². The monoisotopic (exact) mass is 361 g/mol. The van der Waals surface area contributed by atoms with Crippen molar-refractivity contribution in [3.63, 3.8) is 0 Å². The Kier molecular flexibility index (Phi) is 4.79. The van der Waals surface area contributed by atoms with Gasteiger partial charge in [-0.3, -0.25) is 10.1 Å². The number of piperazine rings is 1. The third-order valence-electron chi connectivity index (χ3n) is 3.87. The highest BCUT2D eigenvalue weighted by molar-refractivity contribution is 7.99. The molecule has 0 spiro atoms. The molecule has 1 aromatic heterocycles. The summed E-state index contributed by atoms with van der Waals surface area (Å²) in [5.74, 6) is 1.70. The Bertz CT molecular complexity index is 644. The van der Waals surface area contributed by atoms with Gasteiger partial charge >= 0.3 is 0 Å². The van der Waals surface area contributed by atoms with E-state index in [9.17, 15) is 13.2 Å². The second-order valence-corrected chi connectivity index (χ2v) is 9.85. The zero-order valence-corrected chi connectivity index (χ0v) is 14.8. The Balaban J connectivity index is 1.63. The van der Waals surface area contributed by atoms with Gasteiger partial charge in [-0.2, -0.15) is 4.31 Å². The van der Waals surface area contributed by atoms with E-state index < -0.39 is 10.0 Å². The standard InChI is InChI=1S/C13H19N3O3S3/c1-10-2-3-12(21-10)22(18,19)16-6-4-15(5-7-16)13(17)11-8-20-9-14-11/h2-3,11,14H,4-9H2,1H3. The largest absolute Gasteiger partial charge is 0.339 e. The molecule has 22 heavy (non-hydrogen) atoms. The van der Waals surface area contributed by atoms with Gasteiger partial charge in [0.25, 0.3) is 10.0 Å². The van der Waals surface area contributed by atoms with Gasteiger partial charge in [-0.25, -0.2) is 8.42 Å². The van der Waals surface area contributed by atoms with Gasteiger partial charge in [0.15, 0.2) is 0 Å². The molecular formula is C13H19N3O3S3. The first kappa shape index (κ1) is 16.3. The second kappa shape index (κ2) is 6.48. The Morgan fingerprint density at radius 3 is 2.55 bits per heavy atom. The van der Waals surface area contributed by atoms with E-state index in [0.717, 1.165) is 16.5 Å². The molecule has 0 radical (unpaired) electrons. The lowest BCUT2D eigenvalue weighted by Crippen LogP contribution is -2.54. The number of sulfonamides is 1. The smallest absolute Gasteiger partial charge is 0.252 e. The van der Waals surface area contributed by atoms with Crippen LogP contribution < -0.4 is 5.32 Å².